The minimum Gasteiger partial charge on any atom is -0.489 e. The normalized spacial score (nSPS) is 21.4. The zero-order chi connectivity index (χ0) is 20.7. The highest BCUT2D eigenvalue weighted by molar-refractivity contribution is 6.39. The topological polar surface area (TPSA) is 76.5 Å². The third-order valence-corrected chi connectivity index (χ3v) is 5.06. The molecule has 0 aliphatic heterocycles. The minimum atomic E-state index is -0.285. The average molecular weight is 403 g/mol. The van der Waals surface area contributed by atoms with Crippen molar-refractivity contribution >= 4 is 23.7 Å². The van der Waals surface area contributed by atoms with Gasteiger partial charge < -0.3 is 10.1 Å². The number of halogens is 1. The molecule has 1 fully saturated rings. The summed E-state index contributed by atoms with van der Waals surface area (Å²) >= 11 is 5.86. The summed E-state index contributed by atoms with van der Waals surface area (Å²) in [5, 5.41) is 3.21. The molecule has 1 aromatic heterocycles. The zero-order valence-electron chi connectivity index (χ0n) is 16.7. The number of aryl methyl sites for hydroxylation is 2. The van der Waals surface area contributed by atoms with Crippen LogP contribution in [-0.4, -0.2) is 28.7 Å². The maximum absolute atomic E-state index is 12.6. The molecule has 1 heterocycles. The van der Waals surface area contributed by atoms with Gasteiger partial charge in [-0.15, -0.1) is 6.58 Å². The van der Waals surface area contributed by atoms with Gasteiger partial charge in [0.25, 0.3) is 0 Å². The van der Waals surface area contributed by atoms with E-state index in [9.17, 15) is 4.79 Å². The Morgan fingerprint density at radius 1 is 1.57 bits per heavy atom. The number of hydrogen-bond donors (Lipinski definition) is 1. The summed E-state index contributed by atoms with van der Waals surface area (Å²) < 4.78 is 6.01. The van der Waals surface area contributed by atoms with Gasteiger partial charge in [0.15, 0.2) is 5.75 Å². The van der Waals surface area contributed by atoms with Crippen LogP contribution in [0.4, 0.5) is 0 Å². The van der Waals surface area contributed by atoms with E-state index < -0.39 is 0 Å². The van der Waals surface area contributed by atoms with Gasteiger partial charge in [-0.05, 0) is 33.1 Å². The highest BCUT2D eigenvalue weighted by atomic mass is 35.5. The number of ether oxygens (including phenoxy) is 1. The predicted octanol–water partition coefficient (Wildman–Crippen LogP) is 4.11. The molecule has 150 valence electrons. The number of hydrogen-bond acceptors (Lipinski definition) is 5. The third-order valence-electron chi connectivity index (χ3n) is 4.74. The fourth-order valence-corrected chi connectivity index (χ4v) is 3.08. The van der Waals surface area contributed by atoms with E-state index in [1.54, 1.807) is 19.2 Å². The second kappa shape index (κ2) is 9.64. The van der Waals surface area contributed by atoms with E-state index in [0.29, 0.717) is 36.1 Å². The second-order valence-electron chi connectivity index (χ2n) is 6.85. The monoisotopic (exact) mass is 402 g/mol. The number of aromatic nitrogens is 2. The van der Waals surface area contributed by atoms with Crippen LogP contribution < -0.4 is 10.1 Å². The first-order chi connectivity index (χ1) is 13.3. The molecule has 2 atom stereocenters. The fraction of sp³-hybridized carbons (Fsp3) is 0.429. The summed E-state index contributed by atoms with van der Waals surface area (Å²) in [6, 6.07) is 0. The second-order valence-corrected chi connectivity index (χ2v) is 7.29. The Hall–Kier alpha value is -2.47. The summed E-state index contributed by atoms with van der Waals surface area (Å²) in [6.45, 7) is 13.6. The molecule has 0 bridgehead atoms. The number of aliphatic imine (C=N–C) groups is 1. The molecule has 1 N–H and O–H groups in total. The lowest BCUT2D eigenvalue weighted by Crippen LogP contribution is -2.28. The predicted molar refractivity (Wildman–Crippen MR) is 112 cm³/mol. The minimum absolute atomic E-state index is 0.125. The Labute approximate surface area is 171 Å². The fourth-order valence-electron chi connectivity index (χ4n) is 3.03. The molecular formula is C21H27ClN4O2. The SMILES string of the molecule is C=CC[C@]1(COc2cnc(C)nc2CC)CC1C(=O)NC(=C)/N=C\C(Cl)=C/C. The van der Waals surface area contributed by atoms with Crippen molar-refractivity contribution in [1.82, 2.24) is 15.3 Å². The first-order valence-corrected chi connectivity index (χ1v) is 9.65. The number of carbonyl (C=O) groups is 1. The molecule has 1 aliphatic carbocycles. The van der Waals surface area contributed by atoms with E-state index in [-0.39, 0.29) is 23.1 Å². The van der Waals surface area contributed by atoms with Gasteiger partial charge in [0.05, 0.1) is 23.5 Å². The average Bonchev–Trinajstić information content (AvgIpc) is 3.39. The van der Waals surface area contributed by atoms with Crippen LogP contribution in [0.3, 0.4) is 0 Å². The van der Waals surface area contributed by atoms with Crippen molar-refractivity contribution in [2.24, 2.45) is 16.3 Å². The van der Waals surface area contributed by atoms with Crippen molar-refractivity contribution in [1.29, 1.82) is 0 Å². The quantitative estimate of drug-likeness (QED) is 0.472. The van der Waals surface area contributed by atoms with Crippen LogP contribution >= 0.6 is 11.6 Å². The van der Waals surface area contributed by atoms with Crippen LogP contribution in [0, 0.1) is 18.3 Å². The van der Waals surface area contributed by atoms with Gasteiger partial charge >= 0.3 is 0 Å². The summed E-state index contributed by atoms with van der Waals surface area (Å²) in [7, 11) is 0. The molecule has 0 radical (unpaired) electrons. The Balaban J connectivity index is 2.00. The molecule has 0 aromatic carbocycles. The molecule has 7 heteroatoms. The Kier molecular flexibility index (Phi) is 7.52. The first kappa shape index (κ1) is 21.8. The van der Waals surface area contributed by atoms with Crippen molar-refractivity contribution in [3.05, 3.63) is 53.9 Å². The van der Waals surface area contributed by atoms with Crippen LogP contribution in [0.5, 0.6) is 5.75 Å². The number of amides is 1. The standard InChI is InChI=1S/C21H27ClN4O2/c1-6-9-21(13-28-19-12-24-14(4)25-18(19)8-3)10-17(21)20(27)26-15(5)23-11-16(22)7-2/h6-7,11-12,17H,1,5,8-10,13H2,2-4H3,(H,26,27)/b16-7+,23-11-/t17?,21-/m1/s1. The summed E-state index contributed by atoms with van der Waals surface area (Å²) in [4.78, 5) is 25.3. The zero-order valence-corrected chi connectivity index (χ0v) is 17.4. The van der Waals surface area contributed by atoms with Gasteiger partial charge in [0.2, 0.25) is 5.91 Å². The van der Waals surface area contributed by atoms with E-state index >= 15 is 0 Å². The lowest BCUT2D eigenvalue weighted by molar-refractivity contribution is -0.122. The first-order valence-electron chi connectivity index (χ1n) is 9.27. The Bertz CT molecular complexity index is 819. The maximum atomic E-state index is 12.6. The van der Waals surface area contributed by atoms with E-state index in [2.05, 4.69) is 33.4 Å². The van der Waals surface area contributed by atoms with E-state index in [1.165, 1.54) is 6.21 Å². The lowest BCUT2D eigenvalue weighted by Gasteiger charge is -2.18. The number of allylic oxidation sites excluding steroid dienone is 3. The highest BCUT2D eigenvalue weighted by Gasteiger charge is 2.58. The van der Waals surface area contributed by atoms with Gasteiger partial charge in [0.1, 0.15) is 11.6 Å². The third kappa shape index (κ3) is 5.52. The van der Waals surface area contributed by atoms with Gasteiger partial charge in [-0.2, -0.15) is 0 Å². The van der Waals surface area contributed by atoms with Gasteiger partial charge in [-0.25, -0.2) is 15.0 Å². The number of nitrogens with zero attached hydrogens (tertiary/aromatic N) is 3. The molecule has 0 spiro atoms. The number of carbonyl (C=O) groups excluding carboxylic acids is 1. The summed E-state index contributed by atoms with van der Waals surface area (Å²) in [5.74, 6) is 1.32. The van der Waals surface area contributed by atoms with E-state index in [0.717, 1.165) is 12.1 Å². The smallest absolute Gasteiger partial charge is 0.229 e. The molecule has 2 rings (SSSR count). The van der Waals surface area contributed by atoms with Crippen LogP contribution in [0.25, 0.3) is 0 Å². The molecule has 1 saturated carbocycles. The molecule has 1 unspecified atom stereocenters. The van der Waals surface area contributed by atoms with Crippen molar-refractivity contribution in [3.63, 3.8) is 0 Å². The highest BCUT2D eigenvalue weighted by Crippen LogP contribution is 2.55. The number of nitrogens with one attached hydrogen (secondary N) is 1. The van der Waals surface area contributed by atoms with Crippen LogP contribution in [0.2, 0.25) is 0 Å². The lowest BCUT2D eigenvalue weighted by atomic mass is 10.00. The van der Waals surface area contributed by atoms with Crippen LogP contribution in [-0.2, 0) is 11.2 Å². The molecular weight excluding hydrogens is 376 g/mol. The number of rotatable bonds is 10. The maximum Gasteiger partial charge on any atom is 0.229 e. The molecule has 1 aliphatic rings. The molecule has 1 aromatic rings. The molecule has 1 amide bonds. The van der Waals surface area contributed by atoms with Crippen molar-refractivity contribution in [2.45, 2.75) is 40.0 Å². The van der Waals surface area contributed by atoms with Crippen LogP contribution in [0.15, 0.2) is 47.4 Å². The molecule has 0 saturated heterocycles. The van der Waals surface area contributed by atoms with Crippen molar-refractivity contribution in [2.75, 3.05) is 6.61 Å². The summed E-state index contributed by atoms with van der Waals surface area (Å²) in [6.07, 6.45) is 8.81. The van der Waals surface area contributed by atoms with Gasteiger partial charge in [-0.1, -0.05) is 37.3 Å². The summed E-state index contributed by atoms with van der Waals surface area (Å²) in [5.41, 5.74) is 0.582. The molecule has 6 nitrogen and oxygen atoms in total. The van der Waals surface area contributed by atoms with E-state index in [4.69, 9.17) is 16.3 Å². The van der Waals surface area contributed by atoms with Crippen molar-refractivity contribution < 1.29 is 9.53 Å². The van der Waals surface area contributed by atoms with Gasteiger partial charge in [0, 0.05) is 17.5 Å². The Morgan fingerprint density at radius 3 is 2.96 bits per heavy atom. The molecule has 28 heavy (non-hydrogen) atoms. The largest absolute Gasteiger partial charge is 0.489 e. The van der Waals surface area contributed by atoms with Crippen molar-refractivity contribution in [3.8, 4) is 5.75 Å². The van der Waals surface area contributed by atoms with E-state index in [1.807, 2.05) is 19.9 Å². The Morgan fingerprint density at radius 2 is 2.32 bits per heavy atom. The van der Waals surface area contributed by atoms with Gasteiger partial charge in [-0.3, -0.25) is 4.79 Å². The van der Waals surface area contributed by atoms with Crippen LogP contribution in [0.1, 0.15) is 38.2 Å².